The van der Waals surface area contributed by atoms with E-state index in [1.165, 1.54) is 6.21 Å². The van der Waals surface area contributed by atoms with Crippen LogP contribution in [-0.2, 0) is 0 Å². The fourth-order valence-corrected chi connectivity index (χ4v) is 1.76. The molecule has 0 unspecified atom stereocenters. The monoisotopic (exact) mass is 285 g/mol. The first-order chi connectivity index (χ1) is 7.56. The minimum atomic E-state index is 0.874. The number of rotatable bonds is 6. The molecule has 1 N–H and O–H groups in total. The lowest BCUT2D eigenvalue weighted by molar-refractivity contribution is 0.447. The Bertz CT molecular complexity index is 316. The van der Waals surface area contributed by atoms with Crippen LogP contribution in [0.1, 0.15) is 33.6 Å². The molecule has 0 aromatic rings. The number of hydrogen-bond acceptors (Lipinski definition) is 3. The van der Waals surface area contributed by atoms with Gasteiger partial charge in [0.15, 0.2) is 0 Å². The second-order valence-corrected chi connectivity index (χ2v) is 4.21. The third kappa shape index (κ3) is 5.26. The minimum Gasteiger partial charge on any atom is -0.309 e. The summed E-state index contributed by atoms with van der Waals surface area (Å²) in [5, 5.41) is 13.3. The second kappa shape index (κ2) is 8.28. The number of hydrazone groups is 1. The van der Waals surface area contributed by atoms with Gasteiger partial charge in [0.1, 0.15) is 0 Å². The van der Waals surface area contributed by atoms with Crippen LogP contribution in [0, 0.1) is 5.41 Å². The van der Waals surface area contributed by atoms with E-state index in [9.17, 15) is 0 Å². The third-order valence-electron chi connectivity index (χ3n) is 2.10. The van der Waals surface area contributed by atoms with Crippen LogP contribution < -0.4 is 0 Å². The number of nitrogens with one attached hydrogen (secondary N) is 1. The molecular weight excluding hydrogens is 266 g/mol. The minimum absolute atomic E-state index is 0.874. The topological polar surface area (TPSA) is 39.5 Å². The molecule has 0 saturated carbocycles. The Hall–Kier alpha value is -0.900. The van der Waals surface area contributed by atoms with Crippen LogP contribution in [0.3, 0.4) is 0 Å². The second-order valence-electron chi connectivity index (χ2n) is 3.36. The molecule has 0 aliphatic heterocycles. The molecule has 0 rings (SSSR count). The molecule has 0 heterocycles. The normalized spacial score (nSPS) is 13.9. The van der Waals surface area contributed by atoms with Crippen molar-refractivity contribution in [3.63, 3.8) is 0 Å². The molecule has 0 fully saturated rings. The molecule has 0 spiro atoms. The van der Waals surface area contributed by atoms with E-state index in [2.05, 4.69) is 41.0 Å². The Morgan fingerprint density at radius 1 is 1.44 bits per heavy atom. The van der Waals surface area contributed by atoms with E-state index in [-0.39, 0.29) is 0 Å². The quantitative estimate of drug-likeness (QED) is 0.583. The Morgan fingerprint density at radius 2 is 2.06 bits per heavy atom. The molecule has 0 saturated heterocycles. The summed E-state index contributed by atoms with van der Waals surface area (Å²) in [6.07, 6.45) is 6.95. The van der Waals surface area contributed by atoms with Crippen LogP contribution in [0.4, 0.5) is 0 Å². The molecule has 0 bridgehead atoms. The highest BCUT2D eigenvalue weighted by molar-refractivity contribution is 9.12. The largest absolute Gasteiger partial charge is 0.309 e. The van der Waals surface area contributed by atoms with Crippen molar-refractivity contribution in [1.82, 2.24) is 5.01 Å². The summed E-state index contributed by atoms with van der Waals surface area (Å²) in [5.74, 6) is 0. The highest BCUT2D eigenvalue weighted by Crippen LogP contribution is 2.13. The molecule has 0 radical (unpaired) electrons. The zero-order valence-electron chi connectivity index (χ0n) is 10.4. The predicted octanol–water partition coefficient (Wildman–Crippen LogP) is 3.93. The molecule has 4 heteroatoms. The van der Waals surface area contributed by atoms with Gasteiger partial charge in [-0.05, 0) is 41.8 Å². The van der Waals surface area contributed by atoms with Gasteiger partial charge in [-0.15, -0.1) is 0 Å². The first-order valence-electron chi connectivity index (χ1n) is 5.41. The van der Waals surface area contributed by atoms with Gasteiger partial charge in [0.25, 0.3) is 0 Å². The molecule has 0 aromatic carbocycles. The smallest absolute Gasteiger partial charge is 0.0745 e. The molecule has 0 aromatic heterocycles. The fraction of sp³-hybridized carbons (Fsp3) is 0.500. The zero-order chi connectivity index (χ0) is 12.6. The van der Waals surface area contributed by atoms with Crippen molar-refractivity contribution in [3.05, 3.63) is 22.3 Å². The van der Waals surface area contributed by atoms with E-state index < -0.39 is 0 Å². The lowest BCUT2D eigenvalue weighted by Gasteiger charge is -2.15. The first kappa shape index (κ1) is 15.1. The Labute approximate surface area is 107 Å². The Kier molecular flexibility index (Phi) is 7.81. The van der Waals surface area contributed by atoms with Gasteiger partial charge in [0.2, 0.25) is 0 Å². The van der Waals surface area contributed by atoms with Gasteiger partial charge in [-0.2, -0.15) is 5.10 Å². The van der Waals surface area contributed by atoms with E-state index in [4.69, 9.17) is 5.41 Å². The average Bonchev–Trinajstić information content (AvgIpc) is 2.26. The van der Waals surface area contributed by atoms with Crippen molar-refractivity contribution >= 4 is 27.9 Å². The molecule has 0 aliphatic rings. The Morgan fingerprint density at radius 3 is 2.50 bits per heavy atom. The maximum absolute atomic E-state index is 7.01. The summed E-state index contributed by atoms with van der Waals surface area (Å²) in [6.45, 7) is 6.10. The van der Waals surface area contributed by atoms with Gasteiger partial charge in [0.05, 0.1) is 5.71 Å². The van der Waals surface area contributed by atoms with Crippen molar-refractivity contribution in [2.45, 2.75) is 33.6 Å². The molecule has 90 valence electrons. The van der Waals surface area contributed by atoms with Crippen LogP contribution in [-0.4, -0.2) is 24.0 Å². The summed E-state index contributed by atoms with van der Waals surface area (Å²) in [7, 11) is 1.89. The van der Waals surface area contributed by atoms with Gasteiger partial charge in [-0.25, -0.2) is 0 Å². The molecule has 0 aliphatic carbocycles. The molecule has 0 atom stereocenters. The lowest BCUT2D eigenvalue weighted by Crippen LogP contribution is -2.12. The highest BCUT2D eigenvalue weighted by Gasteiger charge is 2.03. The number of hydrogen-bond donors (Lipinski definition) is 1. The predicted molar refractivity (Wildman–Crippen MR) is 75.3 cm³/mol. The van der Waals surface area contributed by atoms with Crippen molar-refractivity contribution < 1.29 is 0 Å². The van der Waals surface area contributed by atoms with Crippen molar-refractivity contribution in [3.8, 4) is 0 Å². The average molecular weight is 286 g/mol. The summed E-state index contributed by atoms with van der Waals surface area (Å²) < 4.78 is 1.05. The van der Waals surface area contributed by atoms with Gasteiger partial charge in [0, 0.05) is 23.4 Å². The Balaban J connectivity index is 4.89. The molecular formula is C12H20BrN3. The van der Waals surface area contributed by atoms with Crippen LogP contribution in [0.5, 0.6) is 0 Å². The van der Waals surface area contributed by atoms with Crippen molar-refractivity contribution in [2.24, 2.45) is 5.10 Å². The number of halogens is 1. The van der Waals surface area contributed by atoms with Gasteiger partial charge < -0.3 is 5.41 Å². The van der Waals surface area contributed by atoms with Crippen LogP contribution in [0.25, 0.3) is 0 Å². The molecule has 3 nitrogen and oxygen atoms in total. The van der Waals surface area contributed by atoms with E-state index in [0.29, 0.717) is 0 Å². The van der Waals surface area contributed by atoms with E-state index in [1.807, 2.05) is 14.0 Å². The van der Waals surface area contributed by atoms with E-state index in [0.717, 1.165) is 28.7 Å². The summed E-state index contributed by atoms with van der Waals surface area (Å²) in [4.78, 5) is 0. The highest BCUT2D eigenvalue weighted by atomic mass is 79.9. The van der Waals surface area contributed by atoms with Crippen LogP contribution in [0.15, 0.2) is 27.4 Å². The van der Waals surface area contributed by atoms with Crippen LogP contribution in [0.2, 0.25) is 0 Å². The fourth-order valence-electron chi connectivity index (χ4n) is 1.07. The molecule has 16 heavy (non-hydrogen) atoms. The van der Waals surface area contributed by atoms with E-state index in [1.54, 1.807) is 11.1 Å². The maximum Gasteiger partial charge on any atom is 0.0745 e. The van der Waals surface area contributed by atoms with Gasteiger partial charge >= 0.3 is 0 Å². The maximum atomic E-state index is 7.01. The standard InChI is InChI=1S/C12H20BrN3/c1-5-7-11(13)12(6-2)15-16(4)10(3)8-9-14/h7-9,14H,5-6H2,1-4H3. The van der Waals surface area contributed by atoms with Crippen LogP contribution >= 0.6 is 15.9 Å². The first-order valence-corrected chi connectivity index (χ1v) is 6.20. The zero-order valence-corrected chi connectivity index (χ0v) is 12.0. The summed E-state index contributed by atoms with van der Waals surface area (Å²) in [5.41, 5.74) is 1.96. The SMILES string of the molecule is CCC=C(Br)C(CC)=NN(C)C(C)=CC=N. The lowest BCUT2D eigenvalue weighted by atomic mass is 10.2. The number of nitrogens with zero attached hydrogens (tertiary/aromatic N) is 2. The summed E-state index contributed by atoms with van der Waals surface area (Å²) in [6, 6.07) is 0. The van der Waals surface area contributed by atoms with E-state index >= 15 is 0 Å². The van der Waals surface area contributed by atoms with Gasteiger partial charge in [-0.1, -0.05) is 19.9 Å². The molecule has 0 amide bonds. The van der Waals surface area contributed by atoms with Gasteiger partial charge in [-0.3, -0.25) is 5.01 Å². The van der Waals surface area contributed by atoms with Crippen molar-refractivity contribution in [1.29, 1.82) is 5.41 Å². The summed E-state index contributed by atoms with van der Waals surface area (Å²) >= 11 is 3.52. The third-order valence-corrected chi connectivity index (χ3v) is 2.88. The number of allylic oxidation sites excluding steroid dienone is 4. The van der Waals surface area contributed by atoms with Crippen molar-refractivity contribution in [2.75, 3.05) is 7.05 Å².